The van der Waals surface area contributed by atoms with Gasteiger partial charge in [0.2, 0.25) is 0 Å². The van der Waals surface area contributed by atoms with Crippen LogP contribution in [0.5, 0.6) is 5.75 Å². The monoisotopic (exact) mass is 468 g/mol. The highest BCUT2D eigenvalue weighted by atomic mass is 79.9. The van der Waals surface area contributed by atoms with Crippen molar-refractivity contribution < 1.29 is 13.9 Å². The fourth-order valence-electron chi connectivity index (χ4n) is 2.44. The van der Waals surface area contributed by atoms with E-state index < -0.39 is 0 Å². The average Bonchev–Trinajstić information content (AvgIpc) is 2.90. The zero-order valence-electron chi connectivity index (χ0n) is 14.5. The molecule has 0 unspecified atom stereocenters. The van der Waals surface area contributed by atoms with E-state index in [1.54, 1.807) is 38.4 Å². The number of nitrogens with zero attached hydrogens (tertiary/aromatic N) is 2. The first-order valence-electron chi connectivity index (χ1n) is 7.89. The van der Waals surface area contributed by atoms with Crippen molar-refractivity contribution in [2.24, 2.45) is 4.99 Å². The molecule has 1 aliphatic rings. The van der Waals surface area contributed by atoms with E-state index in [-0.39, 0.29) is 18.3 Å². The summed E-state index contributed by atoms with van der Waals surface area (Å²) < 4.78 is 19.4. The molecular weight excluding hydrogens is 455 g/mol. The molecule has 0 N–H and O–H groups in total. The number of hydrogen-bond acceptors (Lipinski definition) is 4. The van der Waals surface area contributed by atoms with Crippen molar-refractivity contribution in [1.82, 2.24) is 4.90 Å². The van der Waals surface area contributed by atoms with Crippen LogP contribution in [-0.2, 0) is 11.4 Å². The summed E-state index contributed by atoms with van der Waals surface area (Å²) in [7, 11) is 3.34. The quantitative estimate of drug-likeness (QED) is 0.567. The first-order chi connectivity index (χ1) is 12.9. The van der Waals surface area contributed by atoms with Crippen molar-refractivity contribution >= 4 is 56.4 Å². The van der Waals surface area contributed by atoms with Crippen molar-refractivity contribution in [2.75, 3.05) is 14.1 Å². The summed E-state index contributed by atoms with van der Waals surface area (Å²) in [5.41, 5.74) is 1.59. The van der Waals surface area contributed by atoms with Gasteiger partial charge in [-0.3, -0.25) is 14.7 Å². The van der Waals surface area contributed by atoms with E-state index >= 15 is 0 Å². The third-order valence-corrected chi connectivity index (χ3v) is 5.83. The molecule has 0 saturated carbocycles. The molecule has 2 aromatic rings. The number of ether oxygens (including phenoxy) is 1. The summed E-state index contributed by atoms with van der Waals surface area (Å²) >= 11 is 11.1. The lowest BCUT2D eigenvalue weighted by molar-refractivity contribution is -0.121. The van der Waals surface area contributed by atoms with E-state index in [1.807, 2.05) is 6.07 Å². The Morgan fingerprint density at radius 3 is 2.63 bits per heavy atom. The number of benzene rings is 2. The van der Waals surface area contributed by atoms with E-state index in [0.29, 0.717) is 25.3 Å². The van der Waals surface area contributed by atoms with Gasteiger partial charge in [-0.15, -0.1) is 0 Å². The molecule has 0 atom stereocenters. The Morgan fingerprint density at radius 2 is 2.04 bits per heavy atom. The zero-order chi connectivity index (χ0) is 19.6. The summed E-state index contributed by atoms with van der Waals surface area (Å²) in [5.74, 6) is 0.0857. The second kappa shape index (κ2) is 8.46. The molecule has 2 aromatic carbocycles. The van der Waals surface area contributed by atoms with Crippen LogP contribution < -0.4 is 4.74 Å². The molecule has 0 spiro atoms. The number of amides is 1. The fourth-order valence-corrected chi connectivity index (χ4v) is 4.35. The maximum absolute atomic E-state index is 13.0. The number of thioether (sulfide) groups is 1. The molecule has 0 aromatic heterocycles. The van der Waals surface area contributed by atoms with Gasteiger partial charge < -0.3 is 4.74 Å². The van der Waals surface area contributed by atoms with Crippen LogP contribution in [0.25, 0.3) is 6.08 Å². The molecule has 140 valence electrons. The highest BCUT2D eigenvalue weighted by molar-refractivity contribution is 9.10. The van der Waals surface area contributed by atoms with Crippen molar-refractivity contribution in [3.05, 3.63) is 67.7 Å². The Kier molecular flexibility index (Phi) is 6.24. The molecule has 0 radical (unpaired) electrons. The van der Waals surface area contributed by atoms with Gasteiger partial charge in [0.05, 0.1) is 14.4 Å². The van der Waals surface area contributed by atoms with Gasteiger partial charge in [0, 0.05) is 14.1 Å². The molecule has 3 rings (SSSR count). The van der Waals surface area contributed by atoms with Gasteiger partial charge in [0.25, 0.3) is 5.91 Å². The van der Waals surface area contributed by atoms with Crippen LogP contribution in [0.4, 0.5) is 4.39 Å². The highest BCUT2D eigenvalue weighted by Crippen LogP contribution is 2.37. The number of amidine groups is 1. The lowest BCUT2D eigenvalue weighted by atomic mass is 10.2. The molecule has 1 aliphatic heterocycles. The summed E-state index contributed by atoms with van der Waals surface area (Å²) in [6.45, 7) is 0.258. The van der Waals surface area contributed by atoms with E-state index in [9.17, 15) is 9.18 Å². The third kappa shape index (κ3) is 4.54. The first kappa shape index (κ1) is 19.9. The Bertz CT molecular complexity index is 924. The normalized spacial score (nSPS) is 17.2. The number of carbonyl (C=O) groups excluding carboxylic acids is 1. The number of likely N-dealkylation sites (N-methyl/N-ethyl adjacent to an activating group) is 1. The predicted molar refractivity (Wildman–Crippen MR) is 112 cm³/mol. The fraction of sp³-hybridized carbons (Fsp3) is 0.158. The van der Waals surface area contributed by atoms with E-state index in [2.05, 4.69) is 20.9 Å². The van der Waals surface area contributed by atoms with E-state index in [0.717, 1.165) is 11.1 Å². The van der Waals surface area contributed by atoms with Gasteiger partial charge in [0.1, 0.15) is 12.4 Å². The summed E-state index contributed by atoms with van der Waals surface area (Å²) in [4.78, 5) is 18.4. The molecule has 1 fully saturated rings. The largest absolute Gasteiger partial charge is 0.486 e. The van der Waals surface area contributed by atoms with Gasteiger partial charge in [-0.1, -0.05) is 23.7 Å². The van der Waals surface area contributed by atoms with Crippen molar-refractivity contribution in [1.29, 1.82) is 0 Å². The molecule has 27 heavy (non-hydrogen) atoms. The molecule has 0 aliphatic carbocycles. The van der Waals surface area contributed by atoms with Crippen molar-refractivity contribution in [2.45, 2.75) is 6.61 Å². The molecule has 8 heteroatoms. The van der Waals surface area contributed by atoms with Gasteiger partial charge >= 0.3 is 0 Å². The van der Waals surface area contributed by atoms with Gasteiger partial charge in [-0.25, -0.2) is 4.39 Å². The number of halogens is 3. The summed E-state index contributed by atoms with van der Waals surface area (Å²) in [5, 5.41) is 1.06. The van der Waals surface area contributed by atoms with E-state index in [1.165, 1.54) is 28.8 Å². The number of aliphatic imine (C=N–C) groups is 1. The smallest absolute Gasteiger partial charge is 0.266 e. The van der Waals surface area contributed by atoms with Gasteiger partial charge in [0.15, 0.2) is 10.9 Å². The lowest BCUT2D eigenvalue weighted by Gasteiger charge is -2.11. The Balaban J connectivity index is 1.80. The van der Waals surface area contributed by atoms with Crippen LogP contribution in [0.1, 0.15) is 11.1 Å². The lowest BCUT2D eigenvalue weighted by Crippen LogP contribution is -2.23. The average molecular weight is 470 g/mol. The zero-order valence-corrected chi connectivity index (χ0v) is 17.7. The van der Waals surface area contributed by atoms with Crippen LogP contribution in [0, 0.1) is 5.82 Å². The second-order valence-corrected chi connectivity index (χ2v) is 7.98. The van der Waals surface area contributed by atoms with Gasteiger partial charge in [-0.2, -0.15) is 0 Å². The molecule has 1 amide bonds. The maximum atomic E-state index is 13.0. The molecular formula is C19H15BrClFN2O2S. The Morgan fingerprint density at radius 1 is 1.33 bits per heavy atom. The standard InChI is InChI=1S/C19H15BrClFN2O2S/c1-23-19-24(2)18(25)16(27-19)9-12-7-14(20)17(15(21)8-12)26-10-11-3-5-13(22)6-4-11/h3-9H,10H2,1-2H3/b16-9+,23-19?. The SMILES string of the molecule is CN=C1S/C(=C/c2cc(Cl)c(OCc3ccc(F)cc3)c(Br)c2)C(=O)N1C. The van der Waals surface area contributed by atoms with Gasteiger partial charge in [-0.05, 0) is 69.2 Å². The Hall–Kier alpha value is -1.83. The van der Waals surface area contributed by atoms with Crippen molar-refractivity contribution in [3.63, 3.8) is 0 Å². The molecule has 1 saturated heterocycles. The predicted octanol–water partition coefficient (Wildman–Crippen LogP) is 5.35. The Labute approximate surface area is 174 Å². The minimum absolute atomic E-state index is 0.107. The highest BCUT2D eigenvalue weighted by Gasteiger charge is 2.29. The van der Waals surface area contributed by atoms with E-state index in [4.69, 9.17) is 16.3 Å². The maximum Gasteiger partial charge on any atom is 0.266 e. The van der Waals surface area contributed by atoms with Crippen molar-refractivity contribution in [3.8, 4) is 5.75 Å². The van der Waals surface area contributed by atoms with Crippen LogP contribution in [0.2, 0.25) is 5.02 Å². The molecule has 4 nitrogen and oxygen atoms in total. The topological polar surface area (TPSA) is 41.9 Å². The van der Waals surface area contributed by atoms with Crippen LogP contribution in [0.3, 0.4) is 0 Å². The third-order valence-electron chi connectivity index (χ3n) is 3.81. The summed E-state index contributed by atoms with van der Waals surface area (Å²) in [6.07, 6.45) is 1.77. The van der Waals surface area contributed by atoms with Crippen LogP contribution >= 0.6 is 39.3 Å². The first-order valence-corrected chi connectivity index (χ1v) is 9.88. The number of hydrogen-bond donors (Lipinski definition) is 0. The number of rotatable bonds is 4. The molecule has 0 bridgehead atoms. The minimum atomic E-state index is -0.295. The van der Waals surface area contributed by atoms with Crippen LogP contribution in [0.15, 0.2) is 50.8 Å². The second-order valence-electron chi connectivity index (χ2n) is 5.71. The molecule has 1 heterocycles. The van der Waals surface area contributed by atoms with Crippen LogP contribution in [-0.4, -0.2) is 30.1 Å². The summed E-state index contributed by atoms with van der Waals surface area (Å²) in [6, 6.07) is 9.63. The minimum Gasteiger partial charge on any atom is -0.486 e. The number of carbonyl (C=O) groups is 1.